The number of benzene rings is 2. The lowest BCUT2D eigenvalue weighted by Crippen LogP contribution is -2.39. The maximum absolute atomic E-state index is 12.9. The van der Waals surface area contributed by atoms with Gasteiger partial charge in [0.15, 0.2) is 17.3 Å². The van der Waals surface area contributed by atoms with E-state index in [0.717, 1.165) is 37.0 Å². The van der Waals surface area contributed by atoms with Gasteiger partial charge in [-0.1, -0.05) is 52.0 Å². The molecule has 1 aliphatic heterocycles. The van der Waals surface area contributed by atoms with Gasteiger partial charge in [0.05, 0.1) is 19.3 Å². The number of carbonyl (C=O) groups excluding carboxylic acids is 2. The van der Waals surface area contributed by atoms with Crippen LogP contribution in [0.4, 0.5) is 0 Å². The largest absolute Gasteiger partial charge is 0.497 e. The van der Waals surface area contributed by atoms with Gasteiger partial charge in [-0.15, -0.1) is 0 Å². The third-order valence-electron chi connectivity index (χ3n) is 7.97. The number of nitrogens with one attached hydrogen (secondary N) is 1. The number of unbranched alkanes of at least 4 members (excludes halogenated alkanes) is 2. The number of amides is 1. The standard InChI is InChI=1S/C32H43NO6.CH4/c1-37-26-16-13-24(14-17-26)28(34)10-6-3-7-11-31(35)33-27(18-12-23-8-4-2-5-9-23)32(36)25-15-19-29-30(22-25)39-21-20-38-29;/h13-17,19,22-23,27,32,36H,2-12,18,20-21H2,1H3,(H,33,35);1H4/t27-,32-;/m1./s1. The SMILES string of the molecule is C.COc1ccc(C(=O)CCCCCC(=O)N[C@H](CCC2CCCCC2)[C@H](O)c2ccc3c(c2)OCCO3)cc1. The van der Waals surface area contributed by atoms with E-state index in [0.29, 0.717) is 55.5 Å². The third-order valence-corrected chi connectivity index (χ3v) is 7.97. The molecular weight excluding hydrogens is 506 g/mol. The molecule has 0 spiro atoms. The molecule has 1 fully saturated rings. The molecule has 2 aromatic rings. The fraction of sp³-hybridized carbons (Fsp3) is 0.576. The summed E-state index contributed by atoms with van der Waals surface area (Å²) in [6, 6.07) is 12.3. The van der Waals surface area contributed by atoms with Crippen molar-refractivity contribution in [1.29, 1.82) is 0 Å². The molecule has 1 saturated carbocycles. The predicted molar refractivity (Wildman–Crippen MR) is 157 cm³/mol. The summed E-state index contributed by atoms with van der Waals surface area (Å²) in [6.07, 6.45) is 10.3. The van der Waals surface area contributed by atoms with Crippen LogP contribution < -0.4 is 19.5 Å². The molecule has 0 bridgehead atoms. The molecule has 220 valence electrons. The maximum Gasteiger partial charge on any atom is 0.220 e. The Kier molecular flexibility index (Phi) is 12.8. The summed E-state index contributed by atoms with van der Waals surface area (Å²) in [5.74, 6) is 2.77. The van der Waals surface area contributed by atoms with Gasteiger partial charge in [0.2, 0.25) is 5.91 Å². The summed E-state index contributed by atoms with van der Waals surface area (Å²) in [7, 11) is 1.60. The second-order valence-electron chi connectivity index (χ2n) is 10.8. The Hall–Kier alpha value is -3.06. The van der Waals surface area contributed by atoms with Crippen LogP contribution in [0.3, 0.4) is 0 Å². The highest BCUT2D eigenvalue weighted by atomic mass is 16.6. The molecule has 40 heavy (non-hydrogen) atoms. The van der Waals surface area contributed by atoms with Crippen LogP contribution in [0.15, 0.2) is 42.5 Å². The van der Waals surface area contributed by atoms with Crippen molar-refractivity contribution in [2.45, 2.75) is 96.6 Å². The fourth-order valence-electron chi connectivity index (χ4n) is 5.62. The average Bonchev–Trinajstić information content (AvgIpc) is 2.99. The number of hydrogen-bond acceptors (Lipinski definition) is 6. The van der Waals surface area contributed by atoms with Crippen molar-refractivity contribution in [2.75, 3.05) is 20.3 Å². The van der Waals surface area contributed by atoms with Gasteiger partial charge in [-0.3, -0.25) is 9.59 Å². The number of fused-ring (bicyclic) bond motifs is 1. The number of carbonyl (C=O) groups is 2. The molecule has 7 nitrogen and oxygen atoms in total. The lowest BCUT2D eigenvalue weighted by molar-refractivity contribution is -0.123. The van der Waals surface area contributed by atoms with Crippen molar-refractivity contribution in [1.82, 2.24) is 5.32 Å². The summed E-state index contributed by atoms with van der Waals surface area (Å²) >= 11 is 0. The van der Waals surface area contributed by atoms with Crippen molar-refractivity contribution < 1.29 is 28.9 Å². The monoisotopic (exact) mass is 553 g/mol. The van der Waals surface area contributed by atoms with E-state index < -0.39 is 6.10 Å². The molecular formula is C33H47NO6. The van der Waals surface area contributed by atoms with E-state index >= 15 is 0 Å². The van der Waals surface area contributed by atoms with Gasteiger partial charge in [0, 0.05) is 18.4 Å². The minimum atomic E-state index is -0.824. The van der Waals surface area contributed by atoms with Crippen LogP contribution in [0.2, 0.25) is 0 Å². The first kappa shape index (κ1) is 31.5. The van der Waals surface area contributed by atoms with Crippen LogP contribution in [-0.4, -0.2) is 43.2 Å². The summed E-state index contributed by atoms with van der Waals surface area (Å²) in [5, 5.41) is 14.4. The Labute approximate surface area is 239 Å². The quantitative estimate of drug-likeness (QED) is 0.197. The number of methoxy groups -OCH3 is 1. The molecule has 0 unspecified atom stereocenters. The zero-order valence-electron chi connectivity index (χ0n) is 23.2. The zero-order chi connectivity index (χ0) is 27.5. The lowest BCUT2D eigenvalue weighted by Gasteiger charge is -2.29. The summed E-state index contributed by atoms with van der Waals surface area (Å²) < 4.78 is 16.5. The molecule has 1 aliphatic carbocycles. The van der Waals surface area contributed by atoms with Crippen LogP contribution in [0, 0.1) is 5.92 Å². The first-order valence-corrected chi connectivity index (χ1v) is 14.6. The van der Waals surface area contributed by atoms with Crippen LogP contribution >= 0.6 is 0 Å². The normalized spacial score (nSPS) is 16.4. The molecule has 2 atom stereocenters. The van der Waals surface area contributed by atoms with E-state index in [9.17, 15) is 14.7 Å². The van der Waals surface area contributed by atoms with Gasteiger partial charge in [-0.25, -0.2) is 0 Å². The molecule has 0 aromatic heterocycles. The van der Waals surface area contributed by atoms with Crippen LogP contribution in [-0.2, 0) is 4.79 Å². The highest BCUT2D eigenvalue weighted by molar-refractivity contribution is 5.96. The molecule has 0 saturated heterocycles. The number of aliphatic hydroxyl groups is 1. The molecule has 1 heterocycles. The summed E-state index contributed by atoms with van der Waals surface area (Å²) in [4.78, 5) is 25.3. The molecule has 2 aliphatic rings. The Morgan fingerprint density at radius 3 is 2.38 bits per heavy atom. The van der Waals surface area contributed by atoms with Crippen molar-refractivity contribution in [3.63, 3.8) is 0 Å². The Morgan fingerprint density at radius 2 is 1.65 bits per heavy atom. The minimum absolute atomic E-state index is 0. The first-order valence-electron chi connectivity index (χ1n) is 14.6. The van der Waals surface area contributed by atoms with Gasteiger partial charge in [-0.05, 0) is 73.6 Å². The average molecular weight is 554 g/mol. The second-order valence-corrected chi connectivity index (χ2v) is 10.8. The van der Waals surface area contributed by atoms with Crippen molar-refractivity contribution >= 4 is 11.7 Å². The summed E-state index contributed by atoms with van der Waals surface area (Å²) in [6.45, 7) is 1.00. The molecule has 2 aromatic carbocycles. The van der Waals surface area contributed by atoms with Gasteiger partial charge >= 0.3 is 0 Å². The first-order chi connectivity index (χ1) is 19.0. The number of rotatable bonds is 14. The van der Waals surface area contributed by atoms with Crippen molar-refractivity contribution in [2.24, 2.45) is 5.92 Å². The lowest BCUT2D eigenvalue weighted by atomic mass is 9.84. The van der Waals surface area contributed by atoms with Gasteiger partial charge in [0.1, 0.15) is 19.0 Å². The third kappa shape index (κ3) is 9.26. The van der Waals surface area contributed by atoms with Gasteiger partial charge < -0.3 is 24.6 Å². The van der Waals surface area contributed by atoms with Crippen LogP contribution in [0.1, 0.15) is 107 Å². The van der Waals surface area contributed by atoms with E-state index in [1.165, 1.54) is 32.1 Å². The van der Waals surface area contributed by atoms with E-state index in [1.807, 2.05) is 18.2 Å². The molecule has 0 radical (unpaired) electrons. The van der Waals surface area contributed by atoms with Crippen LogP contribution in [0.25, 0.3) is 0 Å². The van der Waals surface area contributed by atoms with E-state index in [2.05, 4.69) is 5.32 Å². The topological polar surface area (TPSA) is 94.1 Å². The van der Waals surface area contributed by atoms with Gasteiger partial charge in [-0.2, -0.15) is 0 Å². The van der Waals surface area contributed by atoms with E-state index in [-0.39, 0.29) is 25.2 Å². The summed E-state index contributed by atoms with van der Waals surface area (Å²) in [5.41, 5.74) is 1.41. The predicted octanol–water partition coefficient (Wildman–Crippen LogP) is 6.81. The number of ketones is 1. The minimum Gasteiger partial charge on any atom is -0.497 e. The van der Waals surface area contributed by atoms with E-state index in [1.54, 1.807) is 31.4 Å². The smallest absolute Gasteiger partial charge is 0.220 e. The van der Waals surface area contributed by atoms with Gasteiger partial charge in [0.25, 0.3) is 0 Å². The number of Topliss-reactive ketones (excluding diaryl/α,β-unsaturated/α-hetero) is 1. The fourth-order valence-corrected chi connectivity index (χ4v) is 5.62. The second kappa shape index (κ2) is 16.3. The Balaban J connectivity index is 0.00000441. The van der Waals surface area contributed by atoms with Crippen LogP contribution in [0.5, 0.6) is 17.2 Å². The van der Waals surface area contributed by atoms with Crippen molar-refractivity contribution in [3.05, 3.63) is 53.6 Å². The Morgan fingerprint density at radius 1 is 0.950 bits per heavy atom. The Bertz CT molecular complexity index is 1060. The number of ether oxygens (including phenoxy) is 3. The molecule has 4 rings (SSSR count). The van der Waals surface area contributed by atoms with Crippen molar-refractivity contribution in [3.8, 4) is 17.2 Å². The molecule has 1 amide bonds. The number of hydrogen-bond donors (Lipinski definition) is 2. The molecule has 2 N–H and O–H groups in total. The highest BCUT2D eigenvalue weighted by Crippen LogP contribution is 2.35. The molecule has 7 heteroatoms. The highest BCUT2D eigenvalue weighted by Gasteiger charge is 2.26. The van der Waals surface area contributed by atoms with E-state index in [4.69, 9.17) is 14.2 Å². The number of aliphatic hydroxyl groups excluding tert-OH is 1. The maximum atomic E-state index is 12.9. The zero-order valence-corrected chi connectivity index (χ0v) is 23.2.